The van der Waals surface area contributed by atoms with E-state index in [1.165, 1.54) is 11.3 Å². The van der Waals surface area contributed by atoms with Gasteiger partial charge in [-0.15, -0.1) is 11.3 Å². The summed E-state index contributed by atoms with van der Waals surface area (Å²) >= 11 is 1.42. The molecule has 1 aromatic heterocycles. The number of nitrogens with zero attached hydrogens (tertiary/aromatic N) is 2. The molecule has 5 nitrogen and oxygen atoms in total. The molecule has 2 aromatic rings. The minimum Gasteiger partial charge on any atom is -0.372 e. The van der Waals surface area contributed by atoms with Crippen molar-refractivity contribution >= 4 is 22.7 Å². The number of nitrogens with one attached hydrogen (secondary N) is 1. The molecule has 20 heavy (non-hydrogen) atoms. The van der Waals surface area contributed by atoms with Crippen LogP contribution >= 0.6 is 11.3 Å². The van der Waals surface area contributed by atoms with Gasteiger partial charge < -0.3 is 5.32 Å². The van der Waals surface area contributed by atoms with Gasteiger partial charge in [0.15, 0.2) is 5.82 Å². The molecule has 2 rings (SSSR count). The number of nitro groups is 1. The number of halogens is 2. The maximum atomic E-state index is 13.7. The van der Waals surface area contributed by atoms with E-state index in [1.807, 2.05) is 6.92 Å². The standard InChI is InChI=1S/C12H11F2N3O2S/c1-6-11(20-7(2)16-6)5-15-12-9(14)3-8(13)4-10(12)17(18)19/h3-4,15H,5H2,1-2H3. The molecule has 0 atom stereocenters. The third-order valence-electron chi connectivity index (χ3n) is 2.66. The van der Waals surface area contributed by atoms with Crippen LogP contribution in [0.1, 0.15) is 15.6 Å². The van der Waals surface area contributed by atoms with Gasteiger partial charge in [0.1, 0.15) is 11.5 Å². The Hall–Kier alpha value is -2.09. The van der Waals surface area contributed by atoms with Gasteiger partial charge in [-0.1, -0.05) is 0 Å². The molecule has 0 aliphatic rings. The lowest BCUT2D eigenvalue weighted by Gasteiger charge is -2.07. The zero-order chi connectivity index (χ0) is 14.9. The normalized spacial score (nSPS) is 10.6. The second kappa shape index (κ2) is 5.49. The van der Waals surface area contributed by atoms with Crippen molar-refractivity contribution in [3.8, 4) is 0 Å². The van der Waals surface area contributed by atoms with Crippen LogP contribution < -0.4 is 5.32 Å². The lowest BCUT2D eigenvalue weighted by molar-refractivity contribution is -0.384. The summed E-state index contributed by atoms with van der Waals surface area (Å²) in [5.74, 6) is -1.97. The summed E-state index contributed by atoms with van der Waals surface area (Å²) in [6.07, 6.45) is 0. The summed E-state index contributed by atoms with van der Waals surface area (Å²) in [6.45, 7) is 3.83. The van der Waals surface area contributed by atoms with Gasteiger partial charge in [-0.05, 0) is 13.8 Å². The van der Waals surface area contributed by atoms with E-state index in [4.69, 9.17) is 0 Å². The average molecular weight is 299 g/mol. The predicted molar refractivity (Wildman–Crippen MR) is 71.9 cm³/mol. The van der Waals surface area contributed by atoms with Gasteiger partial charge in [-0.2, -0.15) is 0 Å². The topological polar surface area (TPSA) is 68.1 Å². The Morgan fingerprint density at radius 1 is 1.40 bits per heavy atom. The molecule has 0 radical (unpaired) electrons. The van der Waals surface area contributed by atoms with Crippen LogP contribution in [0.2, 0.25) is 0 Å². The van der Waals surface area contributed by atoms with Crippen LogP contribution in [0.3, 0.4) is 0 Å². The Balaban J connectivity index is 2.29. The summed E-state index contributed by atoms with van der Waals surface area (Å²) in [6, 6.07) is 1.30. The predicted octanol–water partition coefficient (Wildman–Crippen LogP) is 3.56. The molecule has 106 valence electrons. The molecule has 0 amide bonds. The molecule has 0 unspecified atom stereocenters. The number of nitro benzene ring substituents is 1. The van der Waals surface area contributed by atoms with Gasteiger partial charge in [0.2, 0.25) is 0 Å². The van der Waals surface area contributed by atoms with Crippen LogP contribution in [0.4, 0.5) is 20.2 Å². The van der Waals surface area contributed by atoms with E-state index >= 15 is 0 Å². The first-order valence-corrected chi connectivity index (χ1v) is 6.50. The fourth-order valence-corrected chi connectivity index (χ4v) is 2.66. The number of rotatable bonds is 4. The molecule has 0 fully saturated rings. The van der Waals surface area contributed by atoms with Crippen molar-refractivity contribution in [1.29, 1.82) is 0 Å². The summed E-state index contributed by atoms with van der Waals surface area (Å²) in [5, 5.41) is 14.3. The fourth-order valence-electron chi connectivity index (χ4n) is 1.79. The van der Waals surface area contributed by atoms with E-state index in [0.29, 0.717) is 12.1 Å². The van der Waals surface area contributed by atoms with Gasteiger partial charge in [0.25, 0.3) is 5.69 Å². The Kier molecular flexibility index (Phi) is 3.93. The largest absolute Gasteiger partial charge is 0.372 e. The van der Waals surface area contributed by atoms with Crippen molar-refractivity contribution in [3.63, 3.8) is 0 Å². The lowest BCUT2D eigenvalue weighted by Crippen LogP contribution is -2.05. The molecule has 1 N–H and O–H groups in total. The van der Waals surface area contributed by atoms with Crippen LogP contribution in [-0.2, 0) is 6.54 Å². The highest BCUT2D eigenvalue weighted by molar-refractivity contribution is 7.11. The third-order valence-corrected chi connectivity index (χ3v) is 3.73. The smallest absolute Gasteiger partial charge is 0.298 e. The Morgan fingerprint density at radius 2 is 2.10 bits per heavy atom. The monoisotopic (exact) mass is 299 g/mol. The SMILES string of the molecule is Cc1nc(C)c(CNc2c(F)cc(F)cc2[N+](=O)[O-])s1. The highest BCUT2D eigenvalue weighted by Gasteiger charge is 2.20. The summed E-state index contributed by atoms with van der Waals surface area (Å²) < 4.78 is 26.7. The van der Waals surface area contributed by atoms with E-state index in [-0.39, 0.29) is 12.2 Å². The lowest BCUT2D eigenvalue weighted by atomic mass is 10.2. The van der Waals surface area contributed by atoms with Gasteiger partial charge in [-0.25, -0.2) is 13.8 Å². The quantitative estimate of drug-likeness (QED) is 0.692. The summed E-state index contributed by atoms with van der Waals surface area (Å²) in [5.41, 5.74) is -0.159. The first kappa shape index (κ1) is 14.3. The minimum atomic E-state index is -0.990. The van der Waals surface area contributed by atoms with Crippen molar-refractivity contribution in [2.75, 3.05) is 5.32 Å². The molecule has 0 spiro atoms. The Labute approximate surface area is 117 Å². The van der Waals surface area contributed by atoms with Crippen LogP contribution in [0.15, 0.2) is 12.1 Å². The molecule has 0 saturated carbocycles. The second-order valence-electron chi connectivity index (χ2n) is 4.13. The molecular weight excluding hydrogens is 288 g/mol. The number of aryl methyl sites for hydroxylation is 2. The van der Waals surface area contributed by atoms with Crippen molar-refractivity contribution < 1.29 is 13.7 Å². The first-order chi connectivity index (χ1) is 9.38. The van der Waals surface area contributed by atoms with Crippen molar-refractivity contribution in [2.45, 2.75) is 20.4 Å². The molecule has 1 aromatic carbocycles. The molecule has 0 aliphatic carbocycles. The number of thiazole rings is 1. The fraction of sp³-hybridized carbons (Fsp3) is 0.250. The van der Waals surface area contributed by atoms with Gasteiger partial charge in [-0.3, -0.25) is 10.1 Å². The van der Waals surface area contributed by atoms with Crippen LogP contribution in [0.25, 0.3) is 0 Å². The van der Waals surface area contributed by atoms with E-state index in [0.717, 1.165) is 15.6 Å². The first-order valence-electron chi connectivity index (χ1n) is 5.68. The molecule has 8 heteroatoms. The number of hydrogen-bond acceptors (Lipinski definition) is 5. The maximum Gasteiger partial charge on any atom is 0.298 e. The number of benzene rings is 1. The number of anilines is 1. The molecule has 0 saturated heterocycles. The third kappa shape index (κ3) is 2.90. The van der Waals surface area contributed by atoms with E-state index in [1.54, 1.807) is 6.92 Å². The Bertz CT molecular complexity index is 673. The van der Waals surface area contributed by atoms with Gasteiger partial charge >= 0.3 is 0 Å². The zero-order valence-electron chi connectivity index (χ0n) is 10.7. The second-order valence-corrected chi connectivity index (χ2v) is 5.42. The van der Waals surface area contributed by atoms with Gasteiger partial charge in [0, 0.05) is 10.9 Å². The van der Waals surface area contributed by atoms with Gasteiger partial charge in [0.05, 0.1) is 28.2 Å². The zero-order valence-corrected chi connectivity index (χ0v) is 11.6. The highest BCUT2D eigenvalue weighted by atomic mass is 32.1. The van der Waals surface area contributed by atoms with Crippen LogP contribution in [0, 0.1) is 35.6 Å². The van der Waals surface area contributed by atoms with E-state index in [2.05, 4.69) is 10.3 Å². The molecule has 0 bridgehead atoms. The van der Waals surface area contributed by atoms with E-state index in [9.17, 15) is 18.9 Å². The average Bonchev–Trinajstić information content (AvgIpc) is 2.65. The van der Waals surface area contributed by atoms with Crippen molar-refractivity contribution in [1.82, 2.24) is 4.98 Å². The van der Waals surface area contributed by atoms with Crippen LogP contribution in [0.5, 0.6) is 0 Å². The van der Waals surface area contributed by atoms with Crippen molar-refractivity contribution in [3.05, 3.63) is 49.5 Å². The Morgan fingerprint density at radius 3 is 2.65 bits per heavy atom. The van der Waals surface area contributed by atoms with E-state index < -0.39 is 22.2 Å². The maximum absolute atomic E-state index is 13.7. The minimum absolute atomic E-state index is 0.195. The number of aromatic nitrogens is 1. The molecule has 1 heterocycles. The molecular formula is C12H11F2N3O2S. The summed E-state index contributed by atoms with van der Waals surface area (Å²) in [7, 11) is 0. The number of hydrogen-bond donors (Lipinski definition) is 1. The summed E-state index contributed by atoms with van der Waals surface area (Å²) in [4.78, 5) is 15.1. The van der Waals surface area contributed by atoms with Crippen molar-refractivity contribution in [2.24, 2.45) is 0 Å². The van der Waals surface area contributed by atoms with Crippen LogP contribution in [-0.4, -0.2) is 9.91 Å². The highest BCUT2D eigenvalue weighted by Crippen LogP contribution is 2.30. The molecule has 0 aliphatic heterocycles.